The van der Waals surface area contributed by atoms with Crippen LogP contribution in [0.15, 0.2) is 72.7 Å². The Balaban J connectivity index is 2.61. The first kappa shape index (κ1) is 14.5. The number of hydrogen-bond acceptors (Lipinski definition) is 2. The van der Waals surface area contributed by atoms with E-state index in [9.17, 15) is 8.42 Å². The molecule has 0 heterocycles. The molecule has 0 unspecified atom stereocenters. The van der Waals surface area contributed by atoms with E-state index in [0.29, 0.717) is 4.90 Å². The molecule has 0 saturated heterocycles. The third kappa shape index (κ3) is 2.66. The molecule has 0 spiro atoms. The Bertz CT molecular complexity index is 720. The molecule has 0 fully saturated rings. The number of rotatable bonds is 6. The average Bonchev–Trinajstić information content (AvgIpc) is 2.46. The van der Waals surface area contributed by atoms with Gasteiger partial charge in [-0.15, -0.1) is 13.2 Å². The highest BCUT2D eigenvalue weighted by atomic mass is 32.2. The molecule has 0 aliphatic carbocycles. The predicted molar refractivity (Wildman–Crippen MR) is 83.1 cm³/mol. The smallest absolute Gasteiger partial charge is 0.207 e. The molecule has 4 heteroatoms. The van der Waals surface area contributed by atoms with Crippen LogP contribution in [0.3, 0.4) is 0 Å². The predicted octanol–water partition coefficient (Wildman–Crippen LogP) is 3.20. The average molecular weight is 287 g/mol. The van der Waals surface area contributed by atoms with Crippen LogP contribution in [0.2, 0.25) is 0 Å². The van der Waals surface area contributed by atoms with E-state index in [-0.39, 0.29) is 13.1 Å². The third-order valence-corrected chi connectivity index (χ3v) is 4.92. The summed E-state index contributed by atoms with van der Waals surface area (Å²) in [6.45, 7) is 7.75. The Labute approximate surface area is 119 Å². The molecule has 0 amide bonds. The molecule has 0 aromatic heterocycles. The normalized spacial score (nSPS) is 11.7. The minimum Gasteiger partial charge on any atom is -0.207 e. The third-order valence-electron chi connectivity index (χ3n) is 3.03. The molecule has 2 aromatic carbocycles. The molecule has 0 bridgehead atoms. The number of sulfonamides is 1. The lowest BCUT2D eigenvalue weighted by Gasteiger charge is -2.20. The summed E-state index contributed by atoms with van der Waals surface area (Å²) in [5.41, 5.74) is 0. The Hall–Kier alpha value is -1.91. The number of fused-ring (bicyclic) bond motifs is 1. The van der Waals surface area contributed by atoms with Crippen molar-refractivity contribution in [2.75, 3.05) is 13.1 Å². The fourth-order valence-corrected chi connectivity index (χ4v) is 3.71. The van der Waals surface area contributed by atoms with E-state index >= 15 is 0 Å². The zero-order valence-electron chi connectivity index (χ0n) is 11.2. The van der Waals surface area contributed by atoms with Crippen LogP contribution in [0.1, 0.15) is 0 Å². The molecular weight excluding hydrogens is 270 g/mol. The molecule has 0 radical (unpaired) electrons. The number of nitrogens with zero attached hydrogens (tertiary/aromatic N) is 1. The zero-order chi connectivity index (χ0) is 14.6. The van der Waals surface area contributed by atoms with Gasteiger partial charge in [0.2, 0.25) is 10.0 Å². The molecule has 0 aliphatic heterocycles. The lowest BCUT2D eigenvalue weighted by atomic mass is 10.1. The second kappa shape index (κ2) is 6.03. The van der Waals surface area contributed by atoms with Crippen LogP contribution in [-0.4, -0.2) is 25.8 Å². The van der Waals surface area contributed by atoms with Crippen molar-refractivity contribution in [2.45, 2.75) is 4.90 Å². The molecule has 2 aromatic rings. The first-order valence-electron chi connectivity index (χ1n) is 6.31. The van der Waals surface area contributed by atoms with E-state index in [1.807, 2.05) is 30.3 Å². The van der Waals surface area contributed by atoms with Crippen LogP contribution in [0.25, 0.3) is 10.8 Å². The summed E-state index contributed by atoms with van der Waals surface area (Å²) in [5.74, 6) is 0. The van der Waals surface area contributed by atoms with Gasteiger partial charge >= 0.3 is 0 Å². The van der Waals surface area contributed by atoms with Crippen molar-refractivity contribution >= 4 is 20.8 Å². The van der Waals surface area contributed by atoms with Gasteiger partial charge in [-0.25, -0.2) is 8.42 Å². The second-order valence-electron chi connectivity index (χ2n) is 4.38. The SMILES string of the molecule is C=CCN(CC=C)S(=O)(=O)c1cccc2ccccc12. The molecule has 104 valence electrons. The molecule has 0 N–H and O–H groups in total. The highest BCUT2D eigenvalue weighted by molar-refractivity contribution is 7.89. The van der Waals surface area contributed by atoms with E-state index in [1.165, 1.54) is 4.31 Å². The fraction of sp³-hybridized carbons (Fsp3) is 0.125. The van der Waals surface area contributed by atoms with Gasteiger partial charge in [-0.1, -0.05) is 48.6 Å². The Kier molecular flexibility index (Phi) is 4.37. The monoisotopic (exact) mass is 287 g/mol. The maximum absolute atomic E-state index is 12.8. The standard InChI is InChI=1S/C16H17NO2S/c1-3-12-17(13-4-2)20(18,19)16-11-7-9-14-8-5-6-10-15(14)16/h3-11H,1-2,12-13H2. The Morgan fingerprint density at radius 2 is 1.55 bits per heavy atom. The van der Waals surface area contributed by atoms with Crippen molar-refractivity contribution in [1.82, 2.24) is 4.31 Å². The Morgan fingerprint density at radius 1 is 0.950 bits per heavy atom. The summed E-state index contributed by atoms with van der Waals surface area (Å²) in [6, 6.07) is 12.8. The summed E-state index contributed by atoms with van der Waals surface area (Å²) >= 11 is 0. The van der Waals surface area contributed by atoms with Crippen LogP contribution in [0.4, 0.5) is 0 Å². The van der Waals surface area contributed by atoms with E-state index in [2.05, 4.69) is 13.2 Å². The minimum atomic E-state index is -3.56. The summed E-state index contributed by atoms with van der Waals surface area (Å²) in [6.07, 6.45) is 3.15. The molecule has 0 aliphatic rings. The first-order valence-corrected chi connectivity index (χ1v) is 7.75. The minimum absolute atomic E-state index is 0.261. The summed E-state index contributed by atoms with van der Waals surface area (Å²) in [5, 5.41) is 1.64. The molecule has 0 atom stereocenters. The van der Waals surface area contributed by atoms with E-state index in [4.69, 9.17) is 0 Å². The molecule has 2 rings (SSSR count). The molecule has 20 heavy (non-hydrogen) atoms. The van der Waals surface area contributed by atoms with Gasteiger partial charge in [0.1, 0.15) is 0 Å². The Morgan fingerprint density at radius 3 is 2.20 bits per heavy atom. The molecular formula is C16H17NO2S. The molecule has 0 saturated carbocycles. The van der Waals surface area contributed by atoms with Crippen LogP contribution in [0, 0.1) is 0 Å². The van der Waals surface area contributed by atoms with Gasteiger partial charge in [-0.2, -0.15) is 4.31 Å². The summed E-state index contributed by atoms with van der Waals surface area (Å²) in [4.78, 5) is 0.319. The highest BCUT2D eigenvalue weighted by Gasteiger charge is 2.24. The van der Waals surface area contributed by atoms with Gasteiger partial charge in [0.25, 0.3) is 0 Å². The maximum atomic E-state index is 12.8. The largest absolute Gasteiger partial charge is 0.244 e. The zero-order valence-corrected chi connectivity index (χ0v) is 12.0. The second-order valence-corrected chi connectivity index (χ2v) is 6.28. The lowest BCUT2D eigenvalue weighted by Crippen LogP contribution is -2.31. The van der Waals surface area contributed by atoms with Crippen molar-refractivity contribution in [2.24, 2.45) is 0 Å². The summed E-state index contributed by atoms with van der Waals surface area (Å²) < 4.78 is 26.9. The van der Waals surface area contributed by atoms with Gasteiger partial charge in [-0.3, -0.25) is 0 Å². The van der Waals surface area contributed by atoms with Crippen molar-refractivity contribution < 1.29 is 8.42 Å². The van der Waals surface area contributed by atoms with E-state index in [1.54, 1.807) is 24.3 Å². The highest BCUT2D eigenvalue weighted by Crippen LogP contribution is 2.25. The van der Waals surface area contributed by atoms with Crippen LogP contribution in [-0.2, 0) is 10.0 Å². The van der Waals surface area contributed by atoms with Gasteiger partial charge in [-0.05, 0) is 11.5 Å². The van der Waals surface area contributed by atoms with Gasteiger partial charge in [0.05, 0.1) is 4.90 Å². The van der Waals surface area contributed by atoms with Gasteiger partial charge in [0, 0.05) is 18.5 Å². The fourth-order valence-electron chi connectivity index (χ4n) is 2.12. The molecule has 3 nitrogen and oxygen atoms in total. The van der Waals surface area contributed by atoms with E-state index < -0.39 is 10.0 Å². The number of benzene rings is 2. The lowest BCUT2D eigenvalue weighted by molar-refractivity contribution is 0.475. The van der Waals surface area contributed by atoms with Crippen LogP contribution < -0.4 is 0 Å². The first-order chi connectivity index (χ1) is 9.61. The van der Waals surface area contributed by atoms with Crippen LogP contribution in [0.5, 0.6) is 0 Å². The van der Waals surface area contributed by atoms with Gasteiger partial charge < -0.3 is 0 Å². The quantitative estimate of drug-likeness (QED) is 0.765. The van der Waals surface area contributed by atoms with Crippen molar-refractivity contribution in [1.29, 1.82) is 0 Å². The number of hydrogen-bond donors (Lipinski definition) is 0. The topological polar surface area (TPSA) is 37.4 Å². The van der Waals surface area contributed by atoms with Crippen molar-refractivity contribution in [3.63, 3.8) is 0 Å². The summed E-state index contributed by atoms with van der Waals surface area (Å²) in [7, 11) is -3.56. The van der Waals surface area contributed by atoms with Gasteiger partial charge in [0.15, 0.2) is 0 Å². The van der Waals surface area contributed by atoms with Crippen LogP contribution >= 0.6 is 0 Å². The van der Waals surface area contributed by atoms with Crippen molar-refractivity contribution in [3.05, 3.63) is 67.8 Å². The van der Waals surface area contributed by atoms with E-state index in [0.717, 1.165) is 10.8 Å². The van der Waals surface area contributed by atoms with Crippen molar-refractivity contribution in [3.8, 4) is 0 Å². The maximum Gasteiger partial charge on any atom is 0.244 e.